The van der Waals surface area contributed by atoms with Crippen LogP contribution in [0.3, 0.4) is 0 Å². The Morgan fingerprint density at radius 1 is 0.950 bits per heavy atom. The maximum atomic E-state index is 12.8. The van der Waals surface area contributed by atoms with E-state index in [2.05, 4.69) is 43.4 Å². The van der Waals surface area contributed by atoms with E-state index in [-0.39, 0.29) is 11.9 Å². The smallest absolute Gasteiger partial charge is 0.123 e. The van der Waals surface area contributed by atoms with Crippen molar-refractivity contribution in [3.8, 4) is 0 Å². The summed E-state index contributed by atoms with van der Waals surface area (Å²) in [6.45, 7) is 5.09. The van der Waals surface area contributed by atoms with E-state index in [9.17, 15) is 4.39 Å². The van der Waals surface area contributed by atoms with Gasteiger partial charge in [0, 0.05) is 12.6 Å². The number of aryl methyl sites for hydroxylation is 1. The highest BCUT2D eigenvalue weighted by Crippen LogP contribution is 2.15. The van der Waals surface area contributed by atoms with Crippen LogP contribution in [-0.4, -0.2) is 0 Å². The highest BCUT2D eigenvalue weighted by Gasteiger charge is 2.05. The fourth-order valence-corrected chi connectivity index (χ4v) is 2.25. The summed E-state index contributed by atoms with van der Waals surface area (Å²) in [6.07, 6.45) is 2.31. The van der Waals surface area contributed by atoms with E-state index >= 15 is 0 Å². The minimum atomic E-state index is -0.187. The Balaban J connectivity index is 1.90. The molecule has 0 bridgehead atoms. The van der Waals surface area contributed by atoms with Crippen molar-refractivity contribution in [2.45, 2.75) is 39.3 Å². The third-order valence-electron chi connectivity index (χ3n) is 3.54. The van der Waals surface area contributed by atoms with Gasteiger partial charge in [-0.15, -0.1) is 0 Å². The zero-order chi connectivity index (χ0) is 14.4. The minimum Gasteiger partial charge on any atom is -0.306 e. The first-order chi connectivity index (χ1) is 9.69. The van der Waals surface area contributed by atoms with Gasteiger partial charge in [-0.05, 0) is 42.2 Å². The van der Waals surface area contributed by atoms with Crippen LogP contribution < -0.4 is 5.32 Å². The van der Waals surface area contributed by atoms with Gasteiger partial charge in [-0.3, -0.25) is 0 Å². The molecule has 1 nitrogen and oxygen atoms in total. The molecule has 0 aliphatic rings. The molecular formula is C18H22FN. The summed E-state index contributed by atoms with van der Waals surface area (Å²) < 4.78 is 12.8. The first-order valence-electron chi connectivity index (χ1n) is 7.25. The predicted molar refractivity (Wildman–Crippen MR) is 82.1 cm³/mol. The predicted octanol–water partition coefficient (Wildman–Crippen LogP) is 4.63. The van der Waals surface area contributed by atoms with Gasteiger partial charge in [0.25, 0.3) is 0 Å². The Bertz CT molecular complexity index is 516. The molecule has 0 aromatic heterocycles. The van der Waals surface area contributed by atoms with E-state index < -0.39 is 0 Å². The number of benzene rings is 2. The third-order valence-corrected chi connectivity index (χ3v) is 3.54. The van der Waals surface area contributed by atoms with Crippen LogP contribution in [0.1, 0.15) is 43.0 Å². The van der Waals surface area contributed by atoms with Crippen LogP contribution in [0.25, 0.3) is 0 Å². The first kappa shape index (κ1) is 14.7. The van der Waals surface area contributed by atoms with Crippen molar-refractivity contribution in [2.24, 2.45) is 0 Å². The van der Waals surface area contributed by atoms with Gasteiger partial charge in [-0.25, -0.2) is 4.39 Å². The number of hydrogen-bond acceptors (Lipinski definition) is 1. The van der Waals surface area contributed by atoms with Gasteiger partial charge < -0.3 is 5.32 Å². The lowest BCUT2D eigenvalue weighted by atomic mass is 10.0. The maximum Gasteiger partial charge on any atom is 0.123 e. The molecule has 20 heavy (non-hydrogen) atoms. The number of hydrogen-bond donors (Lipinski definition) is 1. The van der Waals surface area contributed by atoms with Crippen LogP contribution in [0, 0.1) is 5.82 Å². The van der Waals surface area contributed by atoms with Crippen LogP contribution in [0.2, 0.25) is 0 Å². The summed E-state index contributed by atoms with van der Waals surface area (Å²) in [4.78, 5) is 0. The molecule has 0 heterocycles. The van der Waals surface area contributed by atoms with Gasteiger partial charge in [0.2, 0.25) is 0 Å². The molecule has 0 saturated carbocycles. The Labute approximate surface area is 120 Å². The lowest BCUT2D eigenvalue weighted by molar-refractivity contribution is 0.572. The van der Waals surface area contributed by atoms with E-state index in [1.54, 1.807) is 0 Å². The Morgan fingerprint density at radius 3 is 2.15 bits per heavy atom. The highest BCUT2D eigenvalue weighted by molar-refractivity contribution is 5.25. The molecule has 2 aromatic carbocycles. The Morgan fingerprint density at radius 2 is 1.55 bits per heavy atom. The maximum absolute atomic E-state index is 12.8. The quantitative estimate of drug-likeness (QED) is 0.807. The molecular weight excluding hydrogens is 249 g/mol. The van der Waals surface area contributed by atoms with Crippen molar-refractivity contribution in [3.63, 3.8) is 0 Å². The number of nitrogens with one attached hydrogen (secondary N) is 1. The molecule has 0 aliphatic heterocycles. The SMILES string of the molecule is CCCc1ccc(C(C)NCc2ccc(F)cc2)cc1. The van der Waals surface area contributed by atoms with Gasteiger partial charge in [-0.2, -0.15) is 0 Å². The Kier molecular flexibility index (Phi) is 5.31. The normalized spacial score (nSPS) is 12.3. The van der Waals surface area contributed by atoms with E-state index in [0.29, 0.717) is 0 Å². The number of rotatable bonds is 6. The van der Waals surface area contributed by atoms with Crippen LogP contribution in [0.4, 0.5) is 4.39 Å². The monoisotopic (exact) mass is 271 g/mol. The fraction of sp³-hybridized carbons (Fsp3) is 0.333. The summed E-state index contributed by atoms with van der Waals surface area (Å²) in [5, 5.41) is 3.46. The molecule has 1 N–H and O–H groups in total. The summed E-state index contributed by atoms with van der Waals surface area (Å²) in [6, 6.07) is 15.7. The van der Waals surface area contributed by atoms with Crippen molar-refractivity contribution in [3.05, 3.63) is 71.0 Å². The molecule has 0 aliphatic carbocycles. The van der Waals surface area contributed by atoms with Crippen LogP contribution in [0.15, 0.2) is 48.5 Å². The zero-order valence-corrected chi connectivity index (χ0v) is 12.2. The molecule has 2 rings (SSSR count). The van der Waals surface area contributed by atoms with Crippen molar-refractivity contribution in [1.82, 2.24) is 5.32 Å². The number of halogens is 1. The molecule has 0 amide bonds. The standard InChI is InChI=1S/C18H22FN/c1-3-4-15-5-9-17(10-6-15)14(2)20-13-16-7-11-18(19)12-8-16/h5-12,14,20H,3-4,13H2,1-2H3. The first-order valence-corrected chi connectivity index (χ1v) is 7.25. The van der Waals surface area contributed by atoms with Crippen LogP contribution >= 0.6 is 0 Å². The van der Waals surface area contributed by atoms with Crippen LogP contribution in [0.5, 0.6) is 0 Å². The van der Waals surface area contributed by atoms with Gasteiger partial charge in [0.05, 0.1) is 0 Å². The summed E-state index contributed by atoms with van der Waals surface area (Å²) >= 11 is 0. The summed E-state index contributed by atoms with van der Waals surface area (Å²) in [5.74, 6) is -0.187. The second kappa shape index (κ2) is 7.20. The molecule has 1 atom stereocenters. The lowest BCUT2D eigenvalue weighted by Gasteiger charge is -2.15. The minimum absolute atomic E-state index is 0.187. The molecule has 0 radical (unpaired) electrons. The molecule has 2 heteroatoms. The average molecular weight is 271 g/mol. The van der Waals surface area contributed by atoms with Gasteiger partial charge >= 0.3 is 0 Å². The molecule has 1 unspecified atom stereocenters. The van der Waals surface area contributed by atoms with E-state index in [1.807, 2.05) is 12.1 Å². The topological polar surface area (TPSA) is 12.0 Å². The van der Waals surface area contributed by atoms with Crippen molar-refractivity contribution in [1.29, 1.82) is 0 Å². The lowest BCUT2D eigenvalue weighted by Crippen LogP contribution is -2.18. The second-order valence-corrected chi connectivity index (χ2v) is 5.22. The highest BCUT2D eigenvalue weighted by atomic mass is 19.1. The van der Waals surface area contributed by atoms with Crippen LogP contribution in [-0.2, 0) is 13.0 Å². The van der Waals surface area contributed by atoms with Crippen molar-refractivity contribution in [2.75, 3.05) is 0 Å². The third kappa shape index (κ3) is 4.17. The van der Waals surface area contributed by atoms with Crippen molar-refractivity contribution >= 4 is 0 Å². The molecule has 2 aromatic rings. The van der Waals surface area contributed by atoms with Gasteiger partial charge in [-0.1, -0.05) is 49.7 Å². The molecule has 0 fully saturated rings. The molecule has 0 saturated heterocycles. The second-order valence-electron chi connectivity index (χ2n) is 5.22. The van der Waals surface area contributed by atoms with Gasteiger partial charge in [0.15, 0.2) is 0 Å². The summed E-state index contributed by atoms with van der Waals surface area (Å²) in [7, 11) is 0. The van der Waals surface area contributed by atoms with Crippen molar-refractivity contribution < 1.29 is 4.39 Å². The Hall–Kier alpha value is -1.67. The summed E-state index contributed by atoms with van der Waals surface area (Å²) in [5.41, 5.74) is 3.77. The molecule has 106 valence electrons. The van der Waals surface area contributed by atoms with E-state index in [0.717, 1.165) is 18.5 Å². The fourth-order valence-electron chi connectivity index (χ4n) is 2.25. The van der Waals surface area contributed by atoms with E-state index in [1.165, 1.54) is 29.7 Å². The van der Waals surface area contributed by atoms with E-state index in [4.69, 9.17) is 0 Å². The van der Waals surface area contributed by atoms with Gasteiger partial charge in [0.1, 0.15) is 5.82 Å². The zero-order valence-electron chi connectivity index (χ0n) is 12.2. The average Bonchev–Trinajstić information content (AvgIpc) is 2.47. The largest absolute Gasteiger partial charge is 0.306 e. The molecule has 0 spiro atoms.